The molecule has 5 nitrogen and oxygen atoms in total. The van der Waals surface area contributed by atoms with Gasteiger partial charge in [-0.2, -0.15) is 0 Å². The number of anilines is 1. The number of rotatable bonds is 5. The highest BCUT2D eigenvalue weighted by Gasteiger charge is 2.11. The number of carbonyl (C=O) groups excluding carboxylic acids is 1. The van der Waals surface area contributed by atoms with Crippen molar-refractivity contribution in [3.63, 3.8) is 0 Å². The van der Waals surface area contributed by atoms with Crippen molar-refractivity contribution in [1.29, 1.82) is 0 Å². The average molecular weight is 361 g/mol. The maximum absolute atomic E-state index is 12.2. The maximum atomic E-state index is 12.2. The number of imidazole rings is 1. The molecule has 0 spiro atoms. The van der Waals surface area contributed by atoms with E-state index in [4.69, 9.17) is 11.6 Å². The third-order valence-corrected chi connectivity index (χ3v) is 4.56. The van der Waals surface area contributed by atoms with E-state index >= 15 is 0 Å². The number of H-pyrrole nitrogens is 1. The first-order valence-corrected chi connectivity index (χ1v) is 8.92. The highest BCUT2D eigenvalue weighted by Crippen LogP contribution is 2.24. The Morgan fingerprint density at radius 2 is 2.17 bits per heavy atom. The van der Waals surface area contributed by atoms with Crippen molar-refractivity contribution in [3.05, 3.63) is 47.1 Å². The Bertz CT molecular complexity index is 878. The molecule has 0 saturated carbocycles. The number of pyridine rings is 1. The van der Waals surface area contributed by atoms with Crippen molar-refractivity contribution >= 4 is 46.1 Å². The number of hydrogen-bond donors (Lipinski definition) is 2. The fourth-order valence-electron chi connectivity index (χ4n) is 2.36. The number of halogens is 1. The van der Waals surface area contributed by atoms with Gasteiger partial charge in [-0.25, -0.2) is 9.97 Å². The average Bonchev–Trinajstić information content (AvgIpc) is 2.95. The summed E-state index contributed by atoms with van der Waals surface area (Å²) in [6, 6.07) is 9.61. The molecule has 2 heterocycles. The quantitative estimate of drug-likeness (QED) is 0.659. The molecule has 3 aromatic rings. The van der Waals surface area contributed by atoms with E-state index in [1.807, 2.05) is 24.3 Å². The number of amides is 1. The van der Waals surface area contributed by atoms with Crippen LogP contribution in [-0.4, -0.2) is 26.6 Å². The minimum absolute atomic E-state index is 0.0699. The zero-order chi connectivity index (χ0) is 17.1. The first kappa shape index (κ1) is 16.8. The van der Waals surface area contributed by atoms with Gasteiger partial charge in [-0.05, 0) is 23.6 Å². The summed E-state index contributed by atoms with van der Waals surface area (Å²) in [7, 11) is 0. The second-order valence-electron chi connectivity index (χ2n) is 5.65. The smallest absolute Gasteiger partial charge is 0.234 e. The number of para-hydroxylation sites is 1. The number of aromatic nitrogens is 3. The van der Waals surface area contributed by atoms with Crippen LogP contribution in [0.15, 0.2) is 41.7 Å². The van der Waals surface area contributed by atoms with Crippen LogP contribution in [0.4, 0.5) is 5.69 Å². The number of aromatic amines is 1. The molecule has 0 saturated heterocycles. The van der Waals surface area contributed by atoms with Crippen molar-refractivity contribution in [2.45, 2.75) is 24.9 Å². The van der Waals surface area contributed by atoms with Gasteiger partial charge >= 0.3 is 0 Å². The first-order valence-electron chi connectivity index (χ1n) is 7.56. The highest BCUT2D eigenvalue weighted by atomic mass is 35.5. The SMILES string of the molecule is CC(C)c1ccccc1NC(=O)CSc1nc2ncc(Cl)cc2[nH]1. The van der Waals surface area contributed by atoms with Crippen molar-refractivity contribution < 1.29 is 4.79 Å². The lowest BCUT2D eigenvalue weighted by molar-refractivity contribution is -0.113. The number of thioether (sulfide) groups is 1. The van der Waals surface area contributed by atoms with E-state index in [-0.39, 0.29) is 11.7 Å². The van der Waals surface area contributed by atoms with Gasteiger partial charge in [-0.15, -0.1) is 0 Å². The molecule has 2 aromatic heterocycles. The van der Waals surface area contributed by atoms with E-state index in [1.165, 1.54) is 11.8 Å². The summed E-state index contributed by atoms with van der Waals surface area (Å²) in [5.41, 5.74) is 3.33. The molecule has 0 aliphatic carbocycles. The van der Waals surface area contributed by atoms with Crippen LogP contribution < -0.4 is 5.32 Å². The van der Waals surface area contributed by atoms with Crippen LogP contribution in [-0.2, 0) is 4.79 Å². The topological polar surface area (TPSA) is 70.7 Å². The van der Waals surface area contributed by atoms with Gasteiger partial charge in [0.05, 0.1) is 16.3 Å². The van der Waals surface area contributed by atoms with Gasteiger partial charge in [0.15, 0.2) is 10.8 Å². The second-order valence-corrected chi connectivity index (χ2v) is 7.05. The van der Waals surface area contributed by atoms with Gasteiger partial charge in [0.1, 0.15) is 0 Å². The summed E-state index contributed by atoms with van der Waals surface area (Å²) in [5.74, 6) is 0.542. The molecule has 1 amide bonds. The number of hydrogen-bond acceptors (Lipinski definition) is 4. The molecule has 2 N–H and O–H groups in total. The first-order chi connectivity index (χ1) is 11.5. The van der Waals surface area contributed by atoms with Crippen LogP contribution >= 0.6 is 23.4 Å². The Hall–Kier alpha value is -2.05. The number of carbonyl (C=O) groups is 1. The van der Waals surface area contributed by atoms with E-state index in [0.29, 0.717) is 21.7 Å². The molecule has 0 atom stereocenters. The number of nitrogens with zero attached hydrogens (tertiary/aromatic N) is 2. The summed E-state index contributed by atoms with van der Waals surface area (Å²) < 4.78 is 0. The monoisotopic (exact) mass is 360 g/mol. The predicted octanol–water partition coefficient (Wildman–Crippen LogP) is 4.47. The molecule has 0 fully saturated rings. The van der Waals surface area contributed by atoms with Gasteiger partial charge in [-0.1, -0.05) is 55.4 Å². The Morgan fingerprint density at radius 1 is 1.38 bits per heavy atom. The molecule has 24 heavy (non-hydrogen) atoms. The Labute approximate surface area is 149 Å². The van der Waals surface area contributed by atoms with Crippen LogP contribution in [0.2, 0.25) is 5.02 Å². The van der Waals surface area contributed by atoms with Crippen molar-refractivity contribution in [2.24, 2.45) is 0 Å². The van der Waals surface area contributed by atoms with Crippen molar-refractivity contribution in [3.8, 4) is 0 Å². The van der Waals surface area contributed by atoms with Crippen LogP contribution in [0.5, 0.6) is 0 Å². The minimum Gasteiger partial charge on any atom is -0.331 e. The Morgan fingerprint density at radius 3 is 2.96 bits per heavy atom. The Kier molecular flexibility index (Phi) is 5.06. The standard InChI is InChI=1S/C17H17ClN4OS/c1-10(2)12-5-3-4-6-13(12)20-15(23)9-24-17-21-14-7-11(18)8-19-16(14)22-17/h3-8,10H,9H2,1-2H3,(H,20,23)(H,19,21,22). The Balaban J connectivity index is 1.65. The van der Waals surface area contributed by atoms with E-state index in [9.17, 15) is 4.79 Å². The molecule has 0 aliphatic rings. The maximum Gasteiger partial charge on any atom is 0.234 e. The van der Waals surface area contributed by atoms with Crippen molar-refractivity contribution in [1.82, 2.24) is 15.0 Å². The number of nitrogens with one attached hydrogen (secondary N) is 2. The fraction of sp³-hybridized carbons (Fsp3) is 0.235. The van der Waals surface area contributed by atoms with Gasteiger partial charge in [0.25, 0.3) is 0 Å². The minimum atomic E-state index is -0.0699. The van der Waals surface area contributed by atoms with Gasteiger partial charge in [0.2, 0.25) is 5.91 Å². The normalized spacial score (nSPS) is 11.2. The zero-order valence-electron chi connectivity index (χ0n) is 13.3. The van der Waals surface area contributed by atoms with E-state index in [1.54, 1.807) is 12.3 Å². The molecule has 0 radical (unpaired) electrons. The van der Waals surface area contributed by atoms with Gasteiger partial charge < -0.3 is 10.3 Å². The lowest BCUT2D eigenvalue weighted by Crippen LogP contribution is -2.15. The van der Waals surface area contributed by atoms with Crippen molar-refractivity contribution in [2.75, 3.05) is 11.1 Å². The molecular weight excluding hydrogens is 344 g/mol. The van der Waals surface area contributed by atoms with E-state index < -0.39 is 0 Å². The van der Waals surface area contributed by atoms with Gasteiger partial charge in [0, 0.05) is 11.9 Å². The molecule has 0 bridgehead atoms. The van der Waals surface area contributed by atoms with Crippen LogP contribution in [0.25, 0.3) is 11.2 Å². The van der Waals surface area contributed by atoms with Crippen LogP contribution in [0, 0.1) is 0 Å². The molecule has 0 unspecified atom stereocenters. The van der Waals surface area contributed by atoms with E-state index in [0.717, 1.165) is 16.8 Å². The summed E-state index contributed by atoms with van der Waals surface area (Å²) in [6.07, 6.45) is 1.55. The zero-order valence-corrected chi connectivity index (χ0v) is 14.9. The highest BCUT2D eigenvalue weighted by molar-refractivity contribution is 7.99. The lowest BCUT2D eigenvalue weighted by atomic mass is 10.0. The van der Waals surface area contributed by atoms with E-state index in [2.05, 4.69) is 34.1 Å². The lowest BCUT2D eigenvalue weighted by Gasteiger charge is -2.13. The van der Waals surface area contributed by atoms with Crippen LogP contribution in [0.1, 0.15) is 25.3 Å². The summed E-state index contributed by atoms with van der Waals surface area (Å²) in [5, 5.41) is 4.16. The third-order valence-electron chi connectivity index (χ3n) is 3.48. The molecule has 1 aromatic carbocycles. The van der Waals surface area contributed by atoms with Gasteiger partial charge in [-0.3, -0.25) is 4.79 Å². The molecule has 7 heteroatoms. The predicted molar refractivity (Wildman–Crippen MR) is 98.8 cm³/mol. The second kappa shape index (κ2) is 7.23. The summed E-state index contributed by atoms with van der Waals surface area (Å²) in [6.45, 7) is 4.21. The molecular formula is C17H17ClN4OS. The van der Waals surface area contributed by atoms with Crippen LogP contribution in [0.3, 0.4) is 0 Å². The molecule has 124 valence electrons. The fourth-order valence-corrected chi connectivity index (χ4v) is 3.19. The molecule has 0 aliphatic heterocycles. The number of benzene rings is 1. The number of fused-ring (bicyclic) bond motifs is 1. The molecule has 3 rings (SSSR count). The summed E-state index contributed by atoms with van der Waals surface area (Å²) >= 11 is 7.24. The largest absolute Gasteiger partial charge is 0.331 e. The third kappa shape index (κ3) is 3.88. The summed E-state index contributed by atoms with van der Waals surface area (Å²) in [4.78, 5) is 23.8.